The van der Waals surface area contributed by atoms with Gasteiger partial charge in [-0.25, -0.2) is 0 Å². The van der Waals surface area contributed by atoms with Crippen LogP contribution < -0.4 is 0 Å². The highest BCUT2D eigenvalue weighted by Gasteiger charge is 2.12. The number of rotatable bonds is 4. The molecule has 18 heavy (non-hydrogen) atoms. The van der Waals surface area contributed by atoms with Crippen LogP contribution in [0.2, 0.25) is 0 Å². The number of nitrogens with zero attached hydrogens (tertiary/aromatic N) is 1. The second-order valence-electron chi connectivity index (χ2n) is 5.06. The predicted molar refractivity (Wildman–Crippen MR) is 73.0 cm³/mol. The van der Waals surface area contributed by atoms with Crippen molar-refractivity contribution < 1.29 is 9.90 Å². The van der Waals surface area contributed by atoms with Gasteiger partial charge in [-0.2, -0.15) is 0 Å². The van der Waals surface area contributed by atoms with Gasteiger partial charge in [-0.15, -0.1) is 0 Å². The van der Waals surface area contributed by atoms with Gasteiger partial charge in [0, 0.05) is 17.3 Å². The lowest BCUT2D eigenvalue weighted by Crippen LogP contribution is -2.07. The van der Waals surface area contributed by atoms with Gasteiger partial charge in [-0.05, 0) is 50.3 Å². The van der Waals surface area contributed by atoms with Gasteiger partial charge in [-0.3, -0.25) is 4.79 Å². The highest BCUT2D eigenvalue weighted by Crippen LogP contribution is 2.26. The Balaban J connectivity index is 2.51. The molecule has 0 fully saturated rings. The molecule has 1 aromatic carbocycles. The van der Waals surface area contributed by atoms with Crippen LogP contribution in [-0.2, 0) is 11.2 Å². The van der Waals surface area contributed by atoms with E-state index in [9.17, 15) is 4.79 Å². The molecule has 0 aliphatic heterocycles. The van der Waals surface area contributed by atoms with Crippen molar-refractivity contribution in [1.29, 1.82) is 0 Å². The average molecular weight is 245 g/mol. The molecular formula is C15H19NO2. The molecule has 3 heteroatoms. The lowest BCUT2D eigenvalue weighted by Gasteiger charge is -2.14. The molecule has 1 heterocycles. The maximum absolute atomic E-state index is 10.7. The summed E-state index contributed by atoms with van der Waals surface area (Å²) in [6, 6.07) is 8.81. The summed E-state index contributed by atoms with van der Waals surface area (Å²) in [5.41, 5.74) is 3.53. The summed E-state index contributed by atoms with van der Waals surface area (Å²) in [5, 5.41) is 10.0. The molecule has 96 valence electrons. The molecule has 0 amide bonds. The van der Waals surface area contributed by atoms with E-state index in [1.807, 2.05) is 0 Å². The molecule has 3 nitrogen and oxygen atoms in total. The summed E-state index contributed by atoms with van der Waals surface area (Å²) in [6.07, 6.45) is 0.767. The van der Waals surface area contributed by atoms with Crippen LogP contribution in [0.15, 0.2) is 24.3 Å². The van der Waals surface area contributed by atoms with Gasteiger partial charge in [0.1, 0.15) is 0 Å². The first-order valence-electron chi connectivity index (χ1n) is 6.31. The molecule has 2 aromatic rings. The Morgan fingerprint density at radius 1 is 1.33 bits per heavy atom. The summed E-state index contributed by atoms with van der Waals surface area (Å²) in [4.78, 5) is 10.7. The first kappa shape index (κ1) is 12.7. The van der Waals surface area contributed by atoms with Crippen molar-refractivity contribution in [2.45, 2.75) is 39.7 Å². The molecule has 0 radical (unpaired) electrons. The number of benzene rings is 1. The molecule has 1 aromatic heterocycles. The molecule has 0 spiro atoms. The van der Waals surface area contributed by atoms with Crippen molar-refractivity contribution in [2.24, 2.45) is 0 Å². The average Bonchev–Trinajstić information content (AvgIpc) is 2.63. The molecule has 0 aliphatic rings. The van der Waals surface area contributed by atoms with Gasteiger partial charge < -0.3 is 9.67 Å². The summed E-state index contributed by atoms with van der Waals surface area (Å²) in [6.45, 7) is 6.34. The molecule has 0 atom stereocenters. The van der Waals surface area contributed by atoms with E-state index >= 15 is 0 Å². The summed E-state index contributed by atoms with van der Waals surface area (Å²) < 4.78 is 2.24. The second kappa shape index (κ2) is 4.84. The topological polar surface area (TPSA) is 42.2 Å². The number of fused-ring (bicyclic) bond motifs is 1. The molecule has 0 bridgehead atoms. The second-order valence-corrected chi connectivity index (χ2v) is 5.06. The fraction of sp³-hybridized carbons (Fsp3) is 0.400. The van der Waals surface area contributed by atoms with E-state index in [0.29, 0.717) is 12.5 Å². The van der Waals surface area contributed by atoms with Crippen LogP contribution in [-0.4, -0.2) is 15.6 Å². The highest BCUT2D eigenvalue weighted by molar-refractivity contribution is 5.82. The fourth-order valence-corrected chi connectivity index (χ4v) is 2.43. The van der Waals surface area contributed by atoms with Crippen LogP contribution in [0.4, 0.5) is 0 Å². The third-order valence-corrected chi connectivity index (χ3v) is 3.19. The van der Waals surface area contributed by atoms with E-state index in [0.717, 1.165) is 5.69 Å². The highest BCUT2D eigenvalue weighted by atomic mass is 16.4. The van der Waals surface area contributed by atoms with E-state index in [1.165, 1.54) is 16.5 Å². The lowest BCUT2D eigenvalue weighted by atomic mass is 10.2. The van der Waals surface area contributed by atoms with E-state index < -0.39 is 5.97 Å². The monoisotopic (exact) mass is 245 g/mol. The molecule has 0 aliphatic carbocycles. The molecular weight excluding hydrogens is 226 g/mol. The molecule has 1 N–H and O–H groups in total. The zero-order valence-electron chi connectivity index (χ0n) is 11.1. The number of aliphatic carboxylic acids is 1. The minimum Gasteiger partial charge on any atom is -0.481 e. The van der Waals surface area contributed by atoms with Crippen LogP contribution in [0.1, 0.15) is 37.6 Å². The quantitative estimate of drug-likeness (QED) is 0.895. The van der Waals surface area contributed by atoms with Crippen molar-refractivity contribution in [3.05, 3.63) is 35.5 Å². The van der Waals surface area contributed by atoms with Crippen molar-refractivity contribution >= 4 is 16.9 Å². The van der Waals surface area contributed by atoms with Gasteiger partial charge in [-0.1, -0.05) is 12.1 Å². The number of carboxylic acid groups (broad SMARTS) is 1. The van der Waals surface area contributed by atoms with Gasteiger partial charge in [0.05, 0.1) is 6.42 Å². The first-order valence-corrected chi connectivity index (χ1v) is 6.31. The third kappa shape index (κ3) is 2.40. The summed E-state index contributed by atoms with van der Waals surface area (Å²) >= 11 is 0. The van der Waals surface area contributed by atoms with Crippen LogP contribution in [0, 0.1) is 6.92 Å². The smallest absolute Gasteiger partial charge is 0.303 e. The Labute approximate surface area is 107 Å². The van der Waals surface area contributed by atoms with Crippen LogP contribution in [0.3, 0.4) is 0 Å². The molecule has 0 unspecified atom stereocenters. The molecule has 2 rings (SSSR count). The predicted octanol–water partition coefficient (Wildman–Crippen LogP) is 3.55. The van der Waals surface area contributed by atoms with E-state index in [2.05, 4.69) is 49.6 Å². The minimum atomic E-state index is -0.744. The Morgan fingerprint density at radius 2 is 2.06 bits per heavy atom. The number of carboxylic acids is 1. The fourth-order valence-electron chi connectivity index (χ4n) is 2.43. The summed E-state index contributed by atoms with van der Waals surface area (Å²) in [5.74, 6) is -0.744. The lowest BCUT2D eigenvalue weighted by molar-refractivity contribution is -0.136. The van der Waals surface area contributed by atoms with Crippen molar-refractivity contribution in [1.82, 2.24) is 4.57 Å². The van der Waals surface area contributed by atoms with Gasteiger partial charge in [0.2, 0.25) is 0 Å². The standard InChI is InChI=1S/C15H19NO2/c1-10(2)16-13(6-7-15(17)18)9-12-5-4-11(3)8-14(12)16/h4-5,8-10H,6-7H2,1-3H3,(H,17,18). The Bertz CT molecular complexity index is 581. The van der Waals surface area contributed by atoms with E-state index in [1.54, 1.807) is 0 Å². The molecule has 0 saturated heterocycles. The van der Waals surface area contributed by atoms with Crippen LogP contribution in [0.5, 0.6) is 0 Å². The van der Waals surface area contributed by atoms with Crippen molar-refractivity contribution in [2.75, 3.05) is 0 Å². The minimum absolute atomic E-state index is 0.183. The third-order valence-electron chi connectivity index (χ3n) is 3.19. The normalized spacial score (nSPS) is 11.3. The van der Waals surface area contributed by atoms with Gasteiger partial charge in [0.15, 0.2) is 0 Å². The van der Waals surface area contributed by atoms with E-state index in [4.69, 9.17) is 5.11 Å². The SMILES string of the molecule is Cc1ccc2cc(CCC(=O)O)n(C(C)C)c2c1. The Morgan fingerprint density at radius 3 is 2.67 bits per heavy atom. The van der Waals surface area contributed by atoms with Crippen molar-refractivity contribution in [3.63, 3.8) is 0 Å². The van der Waals surface area contributed by atoms with Crippen LogP contribution in [0.25, 0.3) is 10.9 Å². The Kier molecular flexibility index (Phi) is 3.41. The van der Waals surface area contributed by atoms with Crippen molar-refractivity contribution in [3.8, 4) is 0 Å². The maximum atomic E-state index is 10.7. The number of hydrogen-bond donors (Lipinski definition) is 1. The zero-order valence-corrected chi connectivity index (χ0v) is 11.1. The van der Waals surface area contributed by atoms with Gasteiger partial charge >= 0.3 is 5.97 Å². The number of aromatic nitrogens is 1. The number of hydrogen-bond acceptors (Lipinski definition) is 1. The number of carbonyl (C=O) groups is 1. The Hall–Kier alpha value is -1.77. The van der Waals surface area contributed by atoms with Crippen LogP contribution >= 0.6 is 0 Å². The maximum Gasteiger partial charge on any atom is 0.303 e. The number of aryl methyl sites for hydroxylation is 2. The molecule has 0 saturated carbocycles. The first-order chi connectivity index (χ1) is 8.49. The summed E-state index contributed by atoms with van der Waals surface area (Å²) in [7, 11) is 0. The zero-order chi connectivity index (χ0) is 13.3. The van der Waals surface area contributed by atoms with Gasteiger partial charge in [0.25, 0.3) is 0 Å². The van der Waals surface area contributed by atoms with E-state index in [-0.39, 0.29) is 6.42 Å². The largest absolute Gasteiger partial charge is 0.481 e.